The Labute approximate surface area is 259 Å². The van der Waals surface area contributed by atoms with E-state index < -0.39 is 27.5 Å². The van der Waals surface area contributed by atoms with Crippen LogP contribution in [0.5, 0.6) is 17.2 Å². The van der Waals surface area contributed by atoms with Crippen LogP contribution in [-0.4, -0.2) is 51.7 Å². The number of oxazole rings is 1. The first-order valence-electron chi connectivity index (χ1n) is 14.1. The number of ether oxygens (including phenoxy) is 3. The van der Waals surface area contributed by atoms with Crippen LogP contribution in [0.2, 0.25) is 5.02 Å². The maximum absolute atomic E-state index is 15.4. The number of aromatic nitrogens is 1. The number of rotatable bonds is 8. The first-order valence-corrected chi connectivity index (χ1v) is 15.9. The minimum Gasteiger partial charge on any atom is -0.497 e. The molecule has 0 bridgehead atoms. The normalized spacial score (nSPS) is 21.2. The number of nitrogens with one attached hydrogen (secondary N) is 1. The Morgan fingerprint density at radius 2 is 1.93 bits per heavy atom. The monoisotopic (exact) mass is 636 g/mol. The van der Waals surface area contributed by atoms with Gasteiger partial charge >= 0.3 is 0 Å². The van der Waals surface area contributed by atoms with E-state index in [0.29, 0.717) is 65.2 Å². The molecule has 0 spiro atoms. The van der Waals surface area contributed by atoms with Crippen molar-refractivity contribution in [2.45, 2.75) is 35.9 Å². The van der Waals surface area contributed by atoms with Crippen LogP contribution in [0.3, 0.4) is 0 Å². The molecule has 13 heteroatoms. The lowest BCUT2D eigenvalue weighted by atomic mass is 9.80. The highest BCUT2D eigenvalue weighted by Gasteiger charge is 2.63. The summed E-state index contributed by atoms with van der Waals surface area (Å²) in [6, 6.07) is 14.0. The molecule has 11 nitrogen and oxygen atoms in total. The third-order valence-corrected chi connectivity index (χ3v) is 10.3. The maximum atomic E-state index is 15.4. The molecule has 228 valence electrons. The van der Waals surface area contributed by atoms with Crippen LogP contribution in [0.4, 0.5) is 5.69 Å². The summed E-state index contributed by atoms with van der Waals surface area (Å²) >= 11 is 6.63. The van der Waals surface area contributed by atoms with Gasteiger partial charge in [-0.05, 0) is 80.1 Å². The summed E-state index contributed by atoms with van der Waals surface area (Å²) in [5.74, 6) is 1.05. The number of nitrogens with zero attached hydrogens (tertiary/aromatic N) is 3. The molecule has 1 N–H and O–H groups in total. The number of sulfonamides is 1. The van der Waals surface area contributed by atoms with Gasteiger partial charge in [0, 0.05) is 29.2 Å². The molecule has 1 amide bonds. The summed E-state index contributed by atoms with van der Waals surface area (Å²) in [7, 11) is -1.11. The van der Waals surface area contributed by atoms with Crippen molar-refractivity contribution in [3.05, 3.63) is 94.7 Å². The molecular formula is C31H29ClN4O7S. The zero-order chi connectivity index (χ0) is 30.6. The van der Waals surface area contributed by atoms with Crippen molar-refractivity contribution in [3.63, 3.8) is 0 Å². The highest BCUT2D eigenvalue weighted by molar-refractivity contribution is 7.93. The summed E-state index contributed by atoms with van der Waals surface area (Å²) in [6.45, 7) is 0.857. The van der Waals surface area contributed by atoms with Gasteiger partial charge in [0.1, 0.15) is 12.0 Å². The highest BCUT2D eigenvalue weighted by Crippen LogP contribution is 2.58. The lowest BCUT2D eigenvalue weighted by Crippen LogP contribution is -2.54. The topological polar surface area (TPSA) is 123 Å². The van der Waals surface area contributed by atoms with Crippen molar-refractivity contribution in [3.8, 4) is 17.2 Å². The van der Waals surface area contributed by atoms with Gasteiger partial charge in [-0.3, -0.25) is 9.69 Å². The molecule has 4 aromatic rings. The van der Waals surface area contributed by atoms with Gasteiger partial charge in [-0.15, -0.1) is 0 Å². The van der Waals surface area contributed by atoms with E-state index in [9.17, 15) is 8.42 Å². The Kier molecular flexibility index (Phi) is 7.04. The second kappa shape index (κ2) is 10.8. The van der Waals surface area contributed by atoms with Crippen LogP contribution < -0.4 is 23.8 Å². The van der Waals surface area contributed by atoms with E-state index in [0.717, 1.165) is 9.87 Å². The van der Waals surface area contributed by atoms with Crippen molar-refractivity contribution >= 4 is 33.2 Å². The number of hydrogen-bond donors (Lipinski definition) is 1. The average molecular weight is 637 g/mol. The molecule has 2 atom stereocenters. The molecule has 7 rings (SSSR count). The van der Waals surface area contributed by atoms with Crippen molar-refractivity contribution in [1.82, 2.24) is 15.2 Å². The predicted octanol–water partition coefficient (Wildman–Crippen LogP) is 4.60. The Bertz CT molecular complexity index is 1850. The molecule has 4 heterocycles. The number of halogens is 1. The number of carbonyl (C=O) groups is 1. The molecule has 0 aliphatic carbocycles. The number of carbonyl (C=O) groups excluding carboxylic acids is 1. The zero-order valence-corrected chi connectivity index (χ0v) is 25.5. The molecule has 1 aromatic heterocycles. The van der Waals surface area contributed by atoms with Crippen molar-refractivity contribution < 1.29 is 31.8 Å². The lowest BCUT2D eigenvalue weighted by molar-refractivity contribution is -0.127. The first-order chi connectivity index (χ1) is 21.3. The fourth-order valence-electron chi connectivity index (χ4n) is 6.60. The molecular weight excluding hydrogens is 608 g/mol. The van der Waals surface area contributed by atoms with E-state index in [1.165, 1.54) is 25.5 Å². The van der Waals surface area contributed by atoms with Gasteiger partial charge < -0.3 is 23.9 Å². The van der Waals surface area contributed by atoms with E-state index in [-0.39, 0.29) is 17.4 Å². The molecule has 3 aliphatic rings. The van der Waals surface area contributed by atoms with E-state index in [1.807, 2.05) is 24.1 Å². The minimum atomic E-state index is -4.42. The standard InChI is InChI=1S/C31H29ClN4O7S/c1-33-17-19-14-24(28-27(15-19)42-18-43-28)31(35-12-3-4-26(35)29-34-11-13-41-29)23-16-20(32)5-10-25(23)36(30(31)37)44(38,39)22-8-6-21(40-2)7-9-22/h5-11,13-16,26,33H,3-4,12,17-18H2,1-2H3/t26-,31?/m0/s1. The summed E-state index contributed by atoms with van der Waals surface area (Å²) in [4.78, 5) is 21.7. The van der Waals surface area contributed by atoms with E-state index >= 15 is 4.79 Å². The number of methoxy groups -OCH3 is 1. The lowest BCUT2D eigenvalue weighted by Gasteiger charge is -2.41. The quantitative estimate of drug-likeness (QED) is 0.293. The predicted molar refractivity (Wildman–Crippen MR) is 160 cm³/mol. The maximum Gasteiger partial charge on any atom is 0.271 e. The Morgan fingerprint density at radius 3 is 2.66 bits per heavy atom. The van der Waals surface area contributed by atoms with Crippen LogP contribution in [-0.2, 0) is 26.9 Å². The van der Waals surface area contributed by atoms with Crippen molar-refractivity contribution in [2.24, 2.45) is 0 Å². The SMILES string of the molecule is CNCc1cc2c(c(C3(N4CCC[C@H]4c4ncco4)C(=O)N(S(=O)(=O)c4ccc(OC)cc4)c4ccc(Cl)cc43)c1)OCO2. The molecule has 0 saturated carbocycles. The van der Waals surface area contributed by atoms with Gasteiger partial charge in [0.2, 0.25) is 12.7 Å². The number of fused-ring (bicyclic) bond motifs is 2. The van der Waals surface area contributed by atoms with Crippen LogP contribution in [0.15, 0.2) is 76.4 Å². The van der Waals surface area contributed by atoms with E-state index in [4.69, 9.17) is 30.2 Å². The first kappa shape index (κ1) is 28.7. The van der Waals surface area contributed by atoms with Crippen molar-refractivity contribution in [2.75, 3.05) is 31.8 Å². The van der Waals surface area contributed by atoms with Gasteiger partial charge in [-0.25, -0.2) is 17.7 Å². The third kappa shape index (κ3) is 4.20. The second-order valence-electron chi connectivity index (χ2n) is 10.8. The molecule has 0 radical (unpaired) electrons. The largest absolute Gasteiger partial charge is 0.497 e. The minimum absolute atomic E-state index is 0.0466. The zero-order valence-electron chi connectivity index (χ0n) is 23.9. The molecule has 3 aromatic carbocycles. The van der Waals surface area contributed by atoms with Gasteiger partial charge in [0.25, 0.3) is 15.9 Å². The Balaban J connectivity index is 1.54. The summed E-state index contributed by atoms with van der Waals surface area (Å²) in [5.41, 5.74) is 0.185. The number of hydrogen-bond acceptors (Lipinski definition) is 10. The van der Waals surface area contributed by atoms with Crippen molar-refractivity contribution in [1.29, 1.82) is 0 Å². The second-order valence-corrected chi connectivity index (χ2v) is 13.0. The number of benzene rings is 3. The number of likely N-dealkylation sites (tertiary alicyclic amines) is 1. The fraction of sp³-hybridized carbons (Fsp3) is 0.290. The van der Waals surface area contributed by atoms with Crippen LogP contribution in [0.25, 0.3) is 0 Å². The fourth-order valence-corrected chi connectivity index (χ4v) is 8.23. The highest BCUT2D eigenvalue weighted by atomic mass is 35.5. The molecule has 1 saturated heterocycles. The van der Waals surface area contributed by atoms with Crippen LogP contribution >= 0.6 is 11.6 Å². The van der Waals surface area contributed by atoms with Gasteiger partial charge in [0.05, 0.1) is 29.9 Å². The number of amides is 1. The Hall–Kier alpha value is -4.10. The molecule has 44 heavy (non-hydrogen) atoms. The smallest absolute Gasteiger partial charge is 0.271 e. The third-order valence-electron chi connectivity index (χ3n) is 8.38. The van der Waals surface area contributed by atoms with Crippen LogP contribution in [0.1, 0.15) is 41.5 Å². The van der Waals surface area contributed by atoms with Gasteiger partial charge in [-0.2, -0.15) is 0 Å². The van der Waals surface area contributed by atoms with E-state index in [1.54, 1.807) is 36.5 Å². The van der Waals surface area contributed by atoms with Gasteiger partial charge in [-0.1, -0.05) is 11.6 Å². The summed E-state index contributed by atoms with van der Waals surface area (Å²) in [6.07, 6.45) is 4.39. The van der Waals surface area contributed by atoms with E-state index in [2.05, 4.69) is 10.3 Å². The summed E-state index contributed by atoms with van der Waals surface area (Å²) < 4.78 is 52.7. The molecule has 1 unspecified atom stereocenters. The van der Waals surface area contributed by atoms with Crippen LogP contribution in [0, 0.1) is 0 Å². The number of anilines is 1. The Morgan fingerprint density at radius 1 is 1.11 bits per heavy atom. The summed E-state index contributed by atoms with van der Waals surface area (Å²) in [5, 5.41) is 3.50. The molecule has 3 aliphatic heterocycles. The van der Waals surface area contributed by atoms with Gasteiger partial charge in [0.15, 0.2) is 17.0 Å². The molecule has 1 fully saturated rings. The average Bonchev–Trinajstić information content (AvgIpc) is 3.83.